The van der Waals surface area contributed by atoms with E-state index in [-0.39, 0.29) is 12.5 Å². The quantitative estimate of drug-likeness (QED) is 0.756. The van der Waals surface area contributed by atoms with Crippen molar-refractivity contribution in [2.45, 2.75) is 0 Å². The molecule has 1 saturated heterocycles. The van der Waals surface area contributed by atoms with Gasteiger partial charge >= 0.3 is 6.03 Å². The molecule has 3 N–H and O–H groups in total. The molecule has 0 radical (unpaired) electrons. The summed E-state index contributed by atoms with van der Waals surface area (Å²) in [6.45, 7) is 2.20. The monoisotopic (exact) mass is 280 g/mol. The van der Waals surface area contributed by atoms with Gasteiger partial charge in [0.25, 0.3) is 5.91 Å². The first-order valence-electron chi connectivity index (χ1n) is 6.20. The van der Waals surface area contributed by atoms with E-state index in [1.165, 1.54) is 6.26 Å². The van der Waals surface area contributed by atoms with Crippen LogP contribution in [0.1, 0.15) is 10.6 Å². The number of hydrogen-bond acceptors (Lipinski definition) is 5. The standard InChI is InChI=1S/C12H16N4O4/c13-12(19)14-10(17)8-15-3-5-16(6-4-15)11(18)9-2-1-7-20-9/h1-2,7H,3-6,8H2,(H3,13,14,17,19). The van der Waals surface area contributed by atoms with E-state index in [0.29, 0.717) is 31.9 Å². The summed E-state index contributed by atoms with van der Waals surface area (Å²) in [5.41, 5.74) is 4.86. The van der Waals surface area contributed by atoms with Crippen molar-refractivity contribution in [3.63, 3.8) is 0 Å². The number of amides is 4. The topological polar surface area (TPSA) is 109 Å². The smallest absolute Gasteiger partial charge is 0.318 e. The van der Waals surface area contributed by atoms with Gasteiger partial charge in [-0.2, -0.15) is 0 Å². The summed E-state index contributed by atoms with van der Waals surface area (Å²) in [7, 11) is 0. The zero-order valence-corrected chi connectivity index (χ0v) is 10.9. The highest BCUT2D eigenvalue weighted by Crippen LogP contribution is 2.09. The fraction of sp³-hybridized carbons (Fsp3) is 0.417. The van der Waals surface area contributed by atoms with Gasteiger partial charge in [0.1, 0.15) is 0 Å². The lowest BCUT2D eigenvalue weighted by molar-refractivity contribution is -0.121. The molecular formula is C12H16N4O4. The average Bonchev–Trinajstić information content (AvgIpc) is 2.91. The number of nitrogens with zero attached hydrogens (tertiary/aromatic N) is 2. The average molecular weight is 280 g/mol. The maximum absolute atomic E-state index is 12.0. The minimum absolute atomic E-state index is 0.0890. The Bertz CT molecular complexity index is 492. The highest BCUT2D eigenvalue weighted by atomic mass is 16.3. The Morgan fingerprint density at radius 1 is 1.25 bits per heavy atom. The Labute approximate surface area is 115 Å². The van der Waals surface area contributed by atoms with Crippen LogP contribution in [-0.2, 0) is 4.79 Å². The maximum Gasteiger partial charge on any atom is 0.318 e. The third-order valence-electron chi connectivity index (χ3n) is 3.02. The molecular weight excluding hydrogens is 264 g/mol. The van der Waals surface area contributed by atoms with Gasteiger partial charge in [-0.15, -0.1) is 0 Å². The summed E-state index contributed by atoms with van der Waals surface area (Å²) in [5.74, 6) is -0.288. The molecule has 8 nitrogen and oxygen atoms in total. The minimum Gasteiger partial charge on any atom is -0.459 e. The highest BCUT2D eigenvalue weighted by molar-refractivity contribution is 5.94. The molecule has 4 amide bonds. The van der Waals surface area contributed by atoms with E-state index < -0.39 is 11.9 Å². The Balaban J connectivity index is 1.79. The molecule has 108 valence electrons. The van der Waals surface area contributed by atoms with Gasteiger partial charge in [0.15, 0.2) is 5.76 Å². The van der Waals surface area contributed by atoms with Crippen molar-refractivity contribution in [2.75, 3.05) is 32.7 Å². The van der Waals surface area contributed by atoms with E-state index in [1.54, 1.807) is 17.0 Å². The van der Waals surface area contributed by atoms with Crippen LogP contribution in [0.3, 0.4) is 0 Å². The number of hydrogen-bond donors (Lipinski definition) is 2. The Hall–Kier alpha value is -2.35. The molecule has 0 bridgehead atoms. The predicted octanol–water partition coefficient (Wildman–Crippen LogP) is -0.768. The lowest BCUT2D eigenvalue weighted by Crippen LogP contribution is -2.51. The van der Waals surface area contributed by atoms with E-state index in [1.807, 2.05) is 10.2 Å². The van der Waals surface area contributed by atoms with E-state index in [0.717, 1.165) is 0 Å². The van der Waals surface area contributed by atoms with Gasteiger partial charge in [0.2, 0.25) is 5.91 Å². The number of carbonyl (C=O) groups is 3. The summed E-state index contributed by atoms with van der Waals surface area (Å²) in [5, 5.41) is 2.01. The van der Waals surface area contributed by atoms with Crippen LogP contribution < -0.4 is 11.1 Å². The van der Waals surface area contributed by atoms with Crippen molar-refractivity contribution in [3.05, 3.63) is 24.2 Å². The van der Waals surface area contributed by atoms with Crippen molar-refractivity contribution in [1.29, 1.82) is 0 Å². The molecule has 2 rings (SSSR count). The van der Waals surface area contributed by atoms with Crippen molar-refractivity contribution in [3.8, 4) is 0 Å². The van der Waals surface area contributed by atoms with Gasteiger partial charge in [0.05, 0.1) is 12.8 Å². The van der Waals surface area contributed by atoms with Crippen LogP contribution >= 0.6 is 0 Å². The van der Waals surface area contributed by atoms with Crippen LogP contribution in [0, 0.1) is 0 Å². The Morgan fingerprint density at radius 3 is 2.50 bits per heavy atom. The zero-order valence-electron chi connectivity index (χ0n) is 10.9. The first kappa shape index (κ1) is 14.1. The van der Waals surface area contributed by atoms with Crippen molar-refractivity contribution in [1.82, 2.24) is 15.1 Å². The summed E-state index contributed by atoms with van der Waals surface area (Å²) >= 11 is 0. The van der Waals surface area contributed by atoms with Crippen molar-refractivity contribution in [2.24, 2.45) is 5.73 Å². The minimum atomic E-state index is -0.860. The van der Waals surface area contributed by atoms with Crippen LogP contribution in [0.2, 0.25) is 0 Å². The van der Waals surface area contributed by atoms with E-state index in [9.17, 15) is 14.4 Å². The molecule has 1 aliphatic heterocycles. The van der Waals surface area contributed by atoms with Crippen molar-refractivity contribution < 1.29 is 18.8 Å². The number of primary amides is 1. The van der Waals surface area contributed by atoms with Gasteiger partial charge in [-0.1, -0.05) is 0 Å². The second-order valence-corrected chi connectivity index (χ2v) is 4.46. The first-order chi connectivity index (χ1) is 9.56. The number of furan rings is 1. The van der Waals surface area contributed by atoms with Crippen LogP contribution in [0.25, 0.3) is 0 Å². The molecule has 1 aromatic rings. The molecule has 0 atom stereocenters. The molecule has 1 aliphatic rings. The van der Waals surface area contributed by atoms with Crippen LogP contribution in [0.4, 0.5) is 4.79 Å². The van der Waals surface area contributed by atoms with Crippen LogP contribution in [0.15, 0.2) is 22.8 Å². The molecule has 0 aromatic carbocycles. The van der Waals surface area contributed by atoms with Crippen LogP contribution in [0.5, 0.6) is 0 Å². The zero-order chi connectivity index (χ0) is 14.5. The Kier molecular flexibility index (Phi) is 4.36. The molecule has 20 heavy (non-hydrogen) atoms. The molecule has 1 aromatic heterocycles. The molecule has 2 heterocycles. The second kappa shape index (κ2) is 6.20. The van der Waals surface area contributed by atoms with Gasteiger partial charge < -0.3 is 15.1 Å². The largest absolute Gasteiger partial charge is 0.459 e. The van der Waals surface area contributed by atoms with E-state index in [2.05, 4.69) is 0 Å². The second-order valence-electron chi connectivity index (χ2n) is 4.46. The number of nitrogens with two attached hydrogens (primary N) is 1. The molecule has 0 aliphatic carbocycles. The van der Waals surface area contributed by atoms with Gasteiger partial charge in [-0.05, 0) is 12.1 Å². The van der Waals surface area contributed by atoms with Gasteiger partial charge in [0, 0.05) is 26.2 Å². The Morgan fingerprint density at radius 2 is 1.95 bits per heavy atom. The normalized spacial score (nSPS) is 15.9. The van der Waals surface area contributed by atoms with Crippen LogP contribution in [-0.4, -0.2) is 60.4 Å². The fourth-order valence-electron chi connectivity index (χ4n) is 2.05. The summed E-state index contributed by atoms with van der Waals surface area (Å²) < 4.78 is 5.06. The molecule has 1 fully saturated rings. The number of imide groups is 1. The lowest BCUT2D eigenvalue weighted by atomic mass is 10.3. The van der Waals surface area contributed by atoms with E-state index >= 15 is 0 Å². The molecule has 8 heteroatoms. The number of nitrogens with one attached hydrogen (secondary N) is 1. The third-order valence-corrected chi connectivity index (χ3v) is 3.02. The summed E-state index contributed by atoms with van der Waals surface area (Å²) in [4.78, 5) is 37.4. The summed E-state index contributed by atoms with van der Waals surface area (Å²) in [6.07, 6.45) is 1.46. The molecule has 0 saturated carbocycles. The molecule has 0 unspecified atom stereocenters. The SMILES string of the molecule is NC(=O)NC(=O)CN1CCN(C(=O)c2ccco2)CC1. The fourth-order valence-corrected chi connectivity index (χ4v) is 2.05. The number of piperazine rings is 1. The predicted molar refractivity (Wildman–Crippen MR) is 68.8 cm³/mol. The third kappa shape index (κ3) is 3.58. The van der Waals surface area contributed by atoms with Gasteiger partial charge in [-0.25, -0.2) is 4.79 Å². The number of carbonyl (C=O) groups excluding carboxylic acids is 3. The van der Waals surface area contributed by atoms with Crippen molar-refractivity contribution >= 4 is 17.8 Å². The van der Waals surface area contributed by atoms with E-state index in [4.69, 9.17) is 10.2 Å². The number of rotatable bonds is 3. The lowest BCUT2D eigenvalue weighted by Gasteiger charge is -2.33. The maximum atomic E-state index is 12.0. The highest BCUT2D eigenvalue weighted by Gasteiger charge is 2.24. The summed E-state index contributed by atoms with van der Waals surface area (Å²) in [6, 6.07) is 2.42. The molecule has 0 spiro atoms. The van der Waals surface area contributed by atoms with Gasteiger partial charge in [-0.3, -0.25) is 19.8 Å². The number of urea groups is 1. The first-order valence-corrected chi connectivity index (χ1v) is 6.20.